The standard InChI is InChI=1S/C34H41F3O2/c1-7-15-32(4,5)19-33(16-8-2)25-12-10-9-11-21(25)31-26(33)18-27(38)23-17-28(39-6)29-20(3)24(34(35,36)37)14-13-22(29)30(23)31/h9-12,17-18,20,24,38H,7-8,13-16,19H2,1-6H3/t20-,24-,33?/m0/s1. The zero-order valence-corrected chi connectivity index (χ0v) is 24.1. The van der Waals surface area contributed by atoms with E-state index in [1.165, 1.54) is 12.7 Å². The normalized spacial score (nSPS) is 22.5. The zero-order chi connectivity index (χ0) is 28.3. The van der Waals surface area contributed by atoms with Gasteiger partial charge in [-0.2, -0.15) is 13.2 Å². The fraction of sp³-hybridized carbons (Fsp3) is 0.529. The van der Waals surface area contributed by atoms with Gasteiger partial charge in [-0.25, -0.2) is 0 Å². The van der Waals surface area contributed by atoms with Crippen molar-refractivity contribution < 1.29 is 23.0 Å². The van der Waals surface area contributed by atoms with Crippen molar-refractivity contribution in [2.75, 3.05) is 7.11 Å². The molecule has 210 valence electrons. The number of ether oxygens (including phenoxy) is 1. The minimum atomic E-state index is -4.27. The number of methoxy groups -OCH3 is 1. The van der Waals surface area contributed by atoms with Crippen LogP contribution in [0.2, 0.25) is 0 Å². The van der Waals surface area contributed by atoms with E-state index in [9.17, 15) is 18.3 Å². The Hall–Kier alpha value is -2.69. The van der Waals surface area contributed by atoms with E-state index in [0.29, 0.717) is 23.1 Å². The molecule has 0 aliphatic heterocycles. The molecule has 5 heteroatoms. The van der Waals surface area contributed by atoms with Gasteiger partial charge >= 0.3 is 6.18 Å². The number of phenolic OH excluding ortho intramolecular Hbond substituents is 1. The van der Waals surface area contributed by atoms with E-state index in [2.05, 4.69) is 52.0 Å². The number of halogens is 3. The largest absolute Gasteiger partial charge is 0.507 e. The van der Waals surface area contributed by atoms with Gasteiger partial charge in [0.05, 0.1) is 13.0 Å². The SMILES string of the molecule is CCCC(C)(C)CC1(CCC)c2ccccc2-c2c1cc(O)c1cc(OC)c3c(c21)CC[C@H](C(F)(F)F)[C@@H]3C. The first-order valence-corrected chi connectivity index (χ1v) is 14.5. The average Bonchev–Trinajstić information content (AvgIpc) is 3.11. The molecule has 1 N–H and O–H groups in total. The Morgan fingerprint density at radius 2 is 1.77 bits per heavy atom. The molecular weight excluding hydrogens is 497 g/mol. The van der Waals surface area contributed by atoms with Gasteiger partial charge in [-0.1, -0.05) is 71.7 Å². The van der Waals surface area contributed by atoms with Gasteiger partial charge in [0.1, 0.15) is 11.5 Å². The summed E-state index contributed by atoms with van der Waals surface area (Å²) in [6.07, 6.45) is 1.14. The van der Waals surface area contributed by atoms with Crippen molar-refractivity contribution >= 4 is 10.8 Å². The predicted molar refractivity (Wildman–Crippen MR) is 153 cm³/mol. The maximum atomic E-state index is 14.0. The van der Waals surface area contributed by atoms with Crippen LogP contribution in [-0.2, 0) is 11.8 Å². The van der Waals surface area contributed by atoms with E-state index in [-0.39, 0.29) is 23.0 Å². The maximum Gasteiger partial charge on any atom is 0.392 e. The molecule has 5 rings (SSSR count). The Labute approximate surface area is 230 Å². The van der Waals surface area contributed by atoms with Crippen molar-refractivity contribution in [2.45, 2.75) is 97.1 Å². The molecule has 0 heterocycles. The van der Waals surface area contributed by atoms with Crippen molar-refractivity contribution in [3.05, 3.63) is 58.7 Å². The number of phenols is 1. The molecule has 0 radical (unpaired) electrons. The molecule has 0 saturated heterocycles. The molecule has 3 atom stereocenters. The molecule has 0 amide bonds. The lowest BCUT2D eigenvalue weighted by atomic mass is 9.64. The first-order chi connectivity index (χ1) is 18.4. The molecule has 2 aliphatic carbocycles. The van der Waals surface area contributed by atoms with Crippen LogP contribution in [-0.4, -0.2) is 18.4 Å². The number of aromatic hydroxyl groups is 1. The van der Waals surface area contributed by atoms with Crippen LogP contribution in [0.3, 0.4) is 0 Å². The molecule has 0 aromatic heterocycles. The lowest BCUT2D eigenvalue weighted by molar-refractivity contribution is -0.183. The minimum absolute atomic E-state index is 0.0373. The zero-order valence-electron chi connectivity index (χ0n) is 24.1. The summed E-state index contributed by atoms with van der Waals surface area (Å²) in [5.74, 6) is -1.53. The topological polar surface area (TPSA) is 29.5 Å². The first kappa shape index (κ1) is 27.9. The van der Waals surface area contributed by atoms with Crippen molar-refractivity contribution in [1.82, 2.24) is 0 Å². The molecule has 0 saturated carbocycles. The average molecular weight is 539 g/mol. The van der Waals surface area contributed by atoms with Gasteiger partial charge in [0.25, 0.3) is 0 Å². The van der Waals surface area contributed by atoms with Gasteiger partial charge in [0.2, 0.25) is 0 Å². The number of alkyl halides is 3. The first-order valence-electron chi connectivity index (χ1n) is 14.5. The van der Waals surface area contributed by atoms with Gasteiger partial charge < -0.3 is 9.84 Å². The summed E-state index contributed by atoms with van der Waals surface area (Å²) in [4.78, 5) is 0. The number of rotatable bonds is 7. The summed E-state index contributed by atoms with van der Waals surface area (Å²) >= 11 is 0. The second kappa shape index (κ2) is 9.74. The third-order valence-electron chi connectivity index (χ3n) is 9.53. The van der Waals surface area contributed by atoms with E-state index in [1.54, 1.807) is 13.0 Å². The van der Waals surface area contributed by atoms with Crippen LogP contribution in [0.1, 0.15) is 101 Å². The lowest BCUT2D eigenvalue weighted by Gasteiger charge is -2.40. The number of aryl methyl sites for hydroxylation is 1. The molecule has 3 aromatic rings. The Balaban J connectivity index is 1.88. The second-order valence-corrected chi connectivity index (χ2v) is 12.7. The van der Waals surface area contributed by atoms with Crippen LogP contribution in [0.4, 0.5) is 13.2 Å². The molecule has 0 bridgehead atoms. The number of benzene rings is 3. The number of fused-ring (bicyclic) bond motifs is 7. The highest BCUT2D eigenvalue weighted by atomic mass is 19.4. The Kier molecular flexibility index (Phi) is 6.96. The minimum Gasteiger partial charge on any atom is -0.507 e. The smallest absolute Gasteiger partial charge is 0.392 e. The highest BCUT2D eigenvalue weighted by Gasteiger charge is 2.49. The van der Waals surface area contributed by atoms with Crippen molar-refractivity contribution in [3.63, 3.8) is 0 Å². The van der Waals surface area contributed by atoms with E-state index < -0.39 is 18.0 Å². The molecule has 2 nitrogen and oxygen atoms in total. The van der Waals surface area contributed by atoms with Gasteiger partial charge in [0, 0.05) is 16.4 Å². The van der Waals surface area contributed by atoms with Crippen molar-refractivity contribution in [1.29, 1.82) is 0 Å². The van der Waals surface area contributed by atoms with Crippen LogP contribution in [0.25, 0.3) is 21.9 Å². The quantitative estimate of drug-likeness (QED) is 0.324. The van der Waals surface area contributed by atoms with Crippen LogP contribution in [0, 0.1) is 11.3 Å². The van der Waals surface area contributed by atoms with Crippen LogP contribution < -0.4 is 4.74 Å². The van der Waals surface area contributed by atoms with E-state index in [4.69, 9.17) is 4.74 Å². The molecule has 3 aromatic carbocycles. The maximum absolute atomic E-state index is 14.0. The summed E-state index contributed by atoms with van der Waals surface area (Å²) < 4.78 is 47.8. The van der Waals surface area contributed by atoms with Crippen molar-refractivity contribution in [2.24, 2.45) is 11.3 Å². The third kappa shape index (κ3) is 4.31. The summed E-state index contributed by atoms with van der Waals surface area (Å²) in [7, 11) is 1.51. The molecular formula is C34H41F3O2. The lowest BCUT2D eigenvalue weighted by Crippen LogP contribution is -2.32. The molecule has 0 fully saturated rings. The van der Waals surface area contributed by atoms with Crippen LogP contribution >= 0.6 is 0 Å². The van der Waals surface area contributed by atoms with Gasteiger partial charge in [-0.3, -0.25) is 0 Å². The number of hydrogen-bond acceptors (Lipinski definition) is 2. The van der Waals surface area contributed by atoms with Crippen LogP contribution in [0.15, 0.2) is 36.4 Å². The summed E-state index contributed by atoms with van der Waals surface area (Å²) in [6.45, 7) is 10.8. The van der Waals surface area contributed by atoms with Gasteiger partial charge in [-0.15, -0.1) is 0 Å². The van der Waals surface area contributed by atoms with Gasteiger partial charge in [0.15, 0.2) is 0 Å². The molecule has 39 heavy (non-hydrogen) atoms. The van der Waals surface area contributed by atoms with E-state index >= 15 is 0 Å². The molecule has 0 spiro atoms. The molecule has 2 aliphatic rings. The highest BCUT2D eigenvalue weighted by Crippen LogP contribution is 2.61. The van der Waals surface area contributed by atoms with E-state index in [1.807, 2.05) is 6.07 Å². The van der Waals surface area contributed by atoms with Gasteiger partial charge in [-0.05, 0) is 88.8 Å². The summed E-state index contributed by atoms with van der Waals surface area (Å²) in [5.41, 5.74) is 6.00. The van der Waals surface area contributed by atoms with Crippen molar-refractivity contribution in [3.8, 4) is 22.6 Å². The Bertz CT molecular complexity index is 1400. The third-order valence-corrected chi connectivity index (χ3v) is 9.53. The predicted octanol–water partition coefficient (Wildman–Crippen LogP) is 10.1. The fourth-order valence-corrected chi connectivity index (χ4v) is 8.24. The second-order valence-electron chi connectivity index (χ2n) is 12.7. The van der Waals surface area contributed by atoms with E-state index in [0.717, 1.165) is 59.7 Å². The Morgan fingerprint density at radius 3 is 2.41 bits per heavy atom. The number of hydrogen-bond donors (Lipinski definition) is 1. The monoisotopic (exact) mass is 538 g/mol. The van der Waals surface area contributed by atoms with Crippen LogP contribution in [0.5, 0.6) is 11.5 Å². The summed E-state index contributed by atoms with van der Waals surface area (Å²) in [5, 5.41) is 13.1. The molecule has 1 unspecified atom stereocenters. The Morgan fingerprint density at radius 1 is 1.05 bits per heavy atom. The summed E-state index contributed by atoms with van der Waals surface area (Å²) in [6, 6.07) is 12.3. The highest BCUT2D eigenvalue weighted by molar-refractivity contribution is 6.08. The fourth-order valence-electron chi connectivity index (χ4n) is 8.24.